The quantitative estimate of drug-likeness (QED) is 0.198. The molecule has 2 aromatic rings. The maximum atomic E-state index is 12.2. The number of nitrogens with zero attached hydrogens (tertiary/aromatic N) is 3. The Hall–Kier alpha value is -2.60. The Balaban J connectivity index is 2.62. The Labute approximate surface area is 202 Å². The van der Waals surface area contributed by atoms with Crippen LogP contribution in [0.3, 0.4) is 0 Å². The second-order valence-corrected chi connectivity index (χ2v) is 9.98. The molecule has 1 atom stereocenters. The SMILES string of the molecule is CN=C/C(=C(/OC(C)OC(=O)CC(C)C)c1c(Cl)c(C)nn1C)c1ccc(C(C)(C)C)cc1. The number of esters is 1. The Morgan fingerprint density at radius 3 is 2.24 bits per heavy atom. The van der Waals surface area contributed by atoms with Crippen molar-refractivity contribution in [1.82, 2.24) is 9.78 Å². The summed E-state index contributed by atoms with van der Waals surface area (Å²) in [5.74, 6) is 0.324. The number of benzene rings is 1. The van der Waals surface area contributed by atoms with Crippen molar-refractivity contribution in [2.45, 2.75) is 66.6 Å². The molecule has 33 heavy (non-hydrogen) atoms. The Morgan fingerprint density at radius 1 is 1.18 bits per heavy atom. The first-order valence-electron chi connectivity index (χ1n) is 11.2. The highest BCUT2D eigenvalue weighted by atomic mass is 35.5. The van der Waals surface area contributed by atoms with Crippen molar-refractivity contribution in [1.29, 1.82) is 0 Å². The number of halogens is 1. The number of aromatic nitrogens is 2. The smallest absolute Gasteiger partial charge is 0.309 e. The molecule has 0 bridgehead atoms. The number of aliphatic imine (C=N–C) groups is 1. The van der Waals surface area contributed by atoms with Crippen LogP contribution in [0.25, 0.3) is 11.3 Å². The molecule has 0 radical (unpaired) electrons. The van der Waals surface area contributed by atoms with E-state index in [1.54, 1.807) is 31.9 Å². The minimum Gasteiger partial charge on any atom is -0.452 e. The molecule has 0 aliphatic rings. The van der Waals surface area contributed by atoms with Gasteiger partial charge in [0.15, 0.2) is 5.76 Å². The predicted octanol–water partition coefficient (Wildman–Crippen LogP) is 6.20. The van der Waals surface area contributed by atoms with Crippen molar-refractivity contribution < 1.29 is 14.3 Å². The van der Waals surface area contributed by atoms with E-state index in [1.165, 1.54) is 5.56 Å². The van der Waals surface area contributed by atoms with Gasteiger partial charge in [-0.1, -0.05) is 70.5 Å². The van der Waals surface area contributed by atoms with E-state index in [0.717, 1.165) is 11.1 Å². The van der Waals surface area contributed by atoms with Gasteiger partial charge >= 0.3 is 5.97 Å². The van der Waals surface area contributed by atoms with Gasteiger partial charge in [0.1, 0.15) is 5.69 Å². The topological polar surface area (TPSA) is 65.7 Å². The van der Waals surface area contributed by atoms with Crippen LogP contribution in [0.2, 0.25) is 5.02 Å². The molecule has 180 valence electrons. The zero-order chi connectivity index (χ0) is 24.9. The number of hydrogen-bond acceptors (Lipinski definition) is 5. The molecule has 1 heterocycles. The Morgan fingerprint density at radius 2 is 1.79 bits per heavy atom. The fraction of sp³-hybridized carbons (Fsp3) is 0.500. The first kappa shape index (κ1) is 26.7. The van der Waals surface area contributed by atoms with Crippen molar-refractivity contribution in [3.8, 4) is 0 Å². The van der Waals surface area contributed by atoms with Crippen LogP contribution in [0.15, 0.2) is 29.3 Å². The fourth-order valence-corrected chi connectivity index (χ4v) is 3.67. The molecule has 1 unspecified atom stereocenters. The molecule has 0 saturated heterocycles. The predicted molar refractivity (Wildman–Crippen MR) is 135 cm³/mol. The molecule has 1 aromatic carbocycles. The lowest BCUT2D eigenvalue weighted by Gasteiger charge is -2.22. The highest BCUT2D eigenvalue weighted by Crippen LogP contribution is 2.34. The van der Waals surface area contributed by atoms with Crippen LogP contribution in [0.5, 0.6) is 0 Å². The molecular formula is C26H36ClN3O3. The van der Waals surface area contributed by atoms with E-state index >= 15 is 0 Å². The third-order valence-corrected chi connectivity index (χ3v) is 5.54. The summed E-state index contributed by atoms with van der Waals surface area (Å²) in [5.41, 5.74) is 4.13. The summed E-state index contributed by atoms with van der Waals surface area (Å²) in [6.45, 7) is 14.0. The average molecular weight is 474 g/mol. The summed E-state index contributed by atoms with van der Waals surface area (Å²) < 4.78 is 13.4. The molecule has 0 amide bonds. The standard InChI is InChI=1S/C26H36ClN3O3/c1-16(2)14-22(31)32-18(4)33-25(24-23(27)17(3)29-30(24)9)21(15-28-8)19-10-12-20(13-11-19)26(5,6)7/h10-13,15-16,18H,14H2,1-9H3/b25-21-,28-15?. The van der Waals surface area contributed by atoms with Gasteiger partial charge in [-0.2, -0.15) is 5.10 Å². The summed E-state index contributed by atoms with van der Waals surface area (Å²) in [4.78, 5) is 16.5. The Bertz CT molecular complexity index is 1030. The molecule has 0 N–H and O–H groups in total. The van der Waals surface area contributed by atoms with Crippen molar-refractivity contribution in [3.05, 3.63) is 51.8 Å². The number of hydrogen-bond donors (Lipinski definition) is 0. The average Bonchev–Trinajstić information content (AvgIpc) is 2.95. The van der Waals surface area contributed by atoms with Gasteiger partial charge in [-0.25, -0.2) is 0 Å². The third kappa shape index (κ3) is 6.94. The van der Waals surface area contributed by atoms with E-state index < -0.39 is 6.29 Å². The van der Waals surface area contributed by atoms with Gasteiger partial charge in [0.25, 0.3) is 0 Å². The highest BCUT2D eigenvalue weighted by Gasteiger charge is 2.25. The number of allylic oxidation sites excluding steroid dienone is 1. The zero-order valence-electron chi connectivity index (χ0n) is 21.2. The molecule has 0 saturated carbocycles. The highest BCUT2D eigenvalue weighted by molar-refractivity contribution is 6.33. The van der Waals surface area contributed by atoms with Crippen LogP contribution in [0.1, 0.15) is 70.5 Å². The second-order valence-electron chi connectivity index (χ2n) is 9.60. The molecule has 1 aromatic heterocycles. The fourth-order valence-electron chi connectivity index (χ4n) is 3.43. The van der Waals surface area contributed by atoms with Gasteiger partial charge in [-0.15, -0.1) is 0 Å². The van der Waals surface area contributed by atoms with Gasteiger partial charge in [0.05, 0.1) is 10.7 Å². The summed E-state index contributed by atoms with van der Waals surface area (Å²) in [7, 11) is 3.50. The summed E-state index contributed by atoms with van der Waals surface area (Å²) >= 11 is 6.63. The summed E-state index contributed by atoms with van der Waals surface area (Å²) in [6, 6.07) is 8.26. The van der Waals surface area contributed by atoms with Crippen molar-refractivity contribution in [2.75, 3.05) is 7.05 Å². The first-order chi connectivity index (χ1) is 15.3. The monoisotopic (exact) mass is 473 g/mol. The van der Waals surface area contributed by atoms with Crippen LogP contribution < -0.4 is 0 Å². The number of carbonyl (C=O) groups is 1. The number of carbonyl (C=O) groups excluding carboxylic acids is 1. The van der Waals surface area contributed by atoms with E-state index in [-0.39, 0.29) is 17.3 Å². The van der Waals surface area contributed by atoms with Gasteiger partial charge in [-0.3, -0.25) is 14.5 Å². The molecular weight excluding hydrogens is 438 g/mol. The van der Waals surface area contributed by atoms with Crippen LogP contribution in [0, 0.1) is 12.8 Å². The summed E-state index contributed by atoms with van der Waals surface area (Å²) in [6.07, 6.45) is 1.21. The third-order valence-electron chi connectivity index (χ3n) is 5.09. The lowest BCUT2D eigenvalue weighted by Crippen LogP contribution is -2.20. The van der Waals surface area contributed by atoms with E-state index in [0.29, 0.717) is 28.6 Å². The van der Waals surface area contributed by atoms with Crippen LogP contribution in [-0.2, 0) is 26.7 Å². The molecule has 0 spiro atoms. The minimum atomic E-state index is -0.827. The number of aryl methyl sites for hydroxylation is 2. The Kier molecular flexibility index (Phi) is 8.89. The zero-order valence-corrected chi connectivity index (χ0v) is 21.9. The molecule has 0 fully saturated rings. The van der Waals surface area contributed by atoms with Gasteiger partial charge in [0.2, 0.25) is 6.29 Å². The maximum Gasteiger partial charge on any atom is 0.309 e. The van der Waals surface area contributed by atoms with Gasteiger partial charge < -0.3 is 9.47 Å². The number of ether oxygens (including phenoxy) is 2. The van der Waals surface area contributed by atoms with Crippen molar-refractivity contribution >= 4 is 35.1 Å². The van der Waals surface area contributed by atoms with E-state index in [1.807, 2.05) is 32.9 Å². The summed E-state index contributed by atoms with van der Waals surface area (Å²) in [5, 5.41) is 4.91. The van der Waals surface area contributed by atoms with Gasteiger partial charge in [0, 0.05) is 39.2 Å². The van der Waals surface area contributed by atoms with Crippen LogP contribution >= 0.6 is 11.6 Å². The largest absolute Gasteiger partial charge is 0.452 e. The first-order valence-corrected chi connectivity index (χ1v) is 11.6. The maximum absolute atomic E-state index is 12.2. The molecule has 2 rings (SSSR count). The van der Waals surface area contributed by atoms with Gasteiger partial charge in [-0.05, 0) is 29.4 Å². The second kappa shape index (κ2) is 11.0. The number of rotatable bonds is 8. The van der Waals surface area contributed by atoms with E-state index in [4.69, 9.17) is 21.1 Å². The lowest BCUT2D eigenvalue weighted by atomic mass is 9.86. The molecule has 7 heteroatoms. The lowest BCUT2D eigenvalue weighted by molar-refractivity contribution is -0.164. The molecule has 6 nitrogen and oxygen atoms in total. The van der Waals surface area contributed by atoms with Crippen molar-refractivity contribution in [3.63, 3.8) is 0 Å². The van der Waals surface area contributed by atoms with E-state index in [2.05, 4.69) is 43.0 Å². The van der Waals surface area contributed by atoms with E-state index in [9.17, 15) is 4.79 Å². The van der Waals surface area contributed by atoms with Crippen molar-refractivity contribution in [2.24, 2.45) is 18.0 Å². The molecule has 0 aliphatic carbocycles. The molecule has 0 aliphatic heterocycles. The minimum absolute atomic E-state index is 0.0299. The van der Waals surface area contributed by atoms with Crippen LogP contribution in [0.4, 0.5) is 0 Å². The normalized spacial score (nSPS) is 13.9. The van der Waals surface area contributed by atoms with Crippen LogP contribution in [-0.4, -0.2) is 35.3 Å².